The van der Waals surface area contributed by atoms with E-state index in [0.29, 0.717) is 29.9 Å². The maximum atomic E-state index is 12.2. The van der Waals surface area contributed by atoms with Crippen LogP contribution in [0.4, 0.5) is 0 Å². The molecule has 1 amide bonds. The molecule has 1 aliphatic heterocycles. The fourth-order valence-electron chi connectivity index (χ4n) is 2.58. The predicted octanol–water partition coefficient (Wildman–Crippen LogP) is 2.47. The van der Waals surface area contributed by atoms with Crippen molar-refractivity contribution >= 4 is 32.8 Å². The van der Waals surface area contributed by atoms with E-state index in [9.17, 15) is 9.59 Å². The molecule has 1 aliphatic rings. The van der Waals surface area contributed by atoms with Gasteiger partial charge in [-0.1, -0.05) is 15.9 Å². The van der Waals surface area contributed by atoms with Crippen LogP contribution in [0.1, 0.15) is 23.2 Å². The van der Waals surface area contributed by atoms with Crippen molar-refractivity contribution in [2.45, 2.75) is 18.9 Å². The zero-order valence-corrected chi connectivity index (χ0v) is 14.1. The summed E-state index contributed by atoms with van der Waals surface area (Å²) >= 11 is 3.36. The Morgan fingerprint density at radius 2 is 2.26 bits per heavy atom. The van der Waals surface area contributed by atoms with Crippen LogP contribution in [-0.2, 0) is 4.74 Å². The number of amides is 1. The van der Waals surface area contributed by atoms with Crippen molar-refractivity contribution in [1.82, 2.24) is 5.32 Å². The van der Waals surface area contributed by atoms with Gasteiger partial charge in [0, 0.05) is 23.0 Å². The Kier molecular flexibility index (Phi) is 4.68. The quantitative estimate of drug-likeness (QED) is 0.823. The first-order valence-electron chi connectivity index (χ1n) is 7.29. The monoisotopic (exact) mass is 381 g/mol. The van der Waals surface area contributed by atoms with E-state index in [0.717, 1.165) is 17.3 Å². The molecule has 0 bridgehead atoms. The van der Waals surface area contributed by atoms with E-state index >= 15 is 0 Å². The number of rotatable bonds is 4. The summed E-state index contributed by atoms with van der Waals surface area (Å²) in [5.41, 5.74) is -0.407. The molecule has 6 nitrogen and oxygen atoms in total. The number of carbonyl (C=O) groups is 1. The fourth-order valence-corrected chi connectivity index (χ4v) is 3.04. The molecular formula is C16H16BrNO5. The third-order valence-electron chi connectivity index (χ3n) is 3.74. The summed E-state index contributed by atoms with van der Waals surface area (Å²) in [6.07, 6.45) is 1.92. The second-order valence-electron chi connectivity index (χ2n) is 5.32. The van der Waals surface area contributed by atoms with Crippen molar-refractivity contribution < 1.29 is 18.7 Å². The Morgan fingerprint density at radius 3 is 2.96 bits per heavy atom. The lowest BCUT2D eigenvalue weighted by Gasteiger charge is -2.11. The number of hydrogen-bond donors (Lipinski definition) is 1. The molecule has 7 heteroatoms. The topological polar surface area (TPSA) is 77.8 Å². The van der Waals surface area contributed by atoms with Gasteiger partial charge in [0.05, 0.1) is 13.2 Å². The Balaban J connectivity index is 1.89. The van der Waals surface area contributed by atoms with E-state index in [-0.39, 0.29) is 11.7 Å². The lowest BCUT2D eigenvalue weighted by molar-refractivity contribution is 0.0855. The summed E-state index contributed by atoms with van der Waals surface area (Å²) in [4.78, 5) is 24.3. The van der Waals surface area contributed by atoms with Crippen molar-refractivity contribution in [3.8, 4) is 5.75 Å². The highest BCUT2D eigenvalue weighted by molar-refractivity contribution is 9.10. The Hall–Kier alpha value is -1.86. The van der Waals surface area contributed by atoms with E-state index in [4.69, 9.17) is 13.9 Å². The Labute approximate surface area is 140 Å². The second-order valence-corrected chi connectivity index (χ2v) is 6.23. The molecule has 0 saturated carbocycles. The molecule has 1 aromatic carbocycles. The maximum absolute atomic E-state index is 12.2. The molecule has 122 valence electrons. The van der Waals surface area contributed by atoms with Crippen LogP contribution in [0, 0.1) is 0 Å². The van der Waals surface area contributed by atoms with Crippen LogP contribution in [0.15, 0.2) is 31.9 Å². The van der Waals surface area contributed by atoms with Gasteiger partial charge in [0.1, 0.15) is 5.56 Å². The van der Waals surface area contributed by atoms with Crippen LogP contribution in [0.25, 0.3) is 11.0 Å². The minimum absolute atomic E-state index is 0.0145. The number of carbonyl (C=O) groups excluding carboxylic acids is 1. The summed E-state index contributed by atoms with van der Waals surface area (Å²) in [6, 6.07) is 4.97. The average molecular weight is 382 g/mol. The second kappa shape index (κ2) is 6.72. The Morgan fingerprint density at radius 1 is 1.43 bits per heavy atom. The Bertz CT molecular complexity index is 795. The van der Waals surface area contributed by atoms with Gasteiger partial charge in [0.15, 0.2) is 11.3 Å². The zero-order chi connectivity index (χ0) is 16.4. The van der Waals surface area contributed by atoms with Gasteiger partial charge in [0.2, 0.25) is 0 Å². The van der Waals surface area contributed by atoms with Crippen molar-refractivity contribution in [2.75, 3.05) is 20.3 Å². The molecule has 23 heavy (non-hydrogen) atoms. The van der Waals surface area contributed by atoms with Crippen molar-refractivity contribution in [1.29, 1.82) is 0 Å². The molecule has 0 unspecified atom stereocenters. The molecule has 3 rings (SSSR count). The van der Waals surface area contributed by atoms with Gasteiger partial charge in [0.25, 0.3) is 5.91 Å². The van der Waals surface area contributed by atoms with E-state index in [1.54, 1.807) is 12.1 Å². The SMILES string of the molecule is COc1cc(Br)cc2cc(C(=O)NC[C@H]3CCCO3)c(=O)oc12. The third kappa shape index (κ3) is 3.40. The maximum Gasteiger partial charge on any atom is 0.349 e. The molecule has 2 aromatic rings. The molecular weight excluding hydrogens is 366 g/mol. The lowest BCUT2D eigenvalue weighted by Crippen LogP contribution is -2.34. The first kappa shape index (κ1) is 16.0. The van der Waals surface area contributed by atoms with Crippen LogP contribution in [0.5, 0.6) is 5.75 Å². The van der Waals surface area contributed by atoms with Gasteiger partial charge in [-0.3, -0.25) is 4.79 Å². The van der Waals surface area contributed by atoms with E-state index < -0.39 is 11.5 Å². The number of methoxy groups -OCH3 is 1. The first-order valence-corrected chi connectivity index (χ1v) is 8.09. The number of ether oxygens (including phenoxy) is 2. The van der Waals surface area contributed by atoms with Gasteiger partial charge < -0.3 is 19.2 Å². The van der Waals surface area contributed by atoms with Crippen LogP contribution < -0.4 is 15.7 Å². The number of fused-ring (bicyclic) bond motifs is 1. The van der Waals surface area contributed by atoms with Crippen molar-refractivity contribution in [3.05, 3.63) is 38.7 Å². The van der Waals surface area contributed by atoms with E-state index in [1.807, 2.05) is 0 Å². The normalized spacial score (nSPS) is 17.4. The molecule has 1 saturated heterocycles. The molecule has 1 fully saturated rings. The van der Waals surface area contributed by atoms with Gasteiger partial charge in [-0.15, -0.1) is 0 Å². The molecule has 1 atom stereocenters. The summed E-state index contributed by atoms with van der Waals surface area (Å²) in [5.74, 6) is -0.0344. The van der Waals surface area contributed by atoms with E-state index in [1.165, 1.54) is 13.2 Å². The van der Waals surface area contributed by atoms with Gasteiger partial charge >= 0.3 is 5.63 Å². The summed E-state index contributed by atoms with van der Waals surface area (Å²) in [5, 5.41) is 3.33. The molecule has 1 aromatic heterocycles. The minimum Gasteiger partial charge on any atom is -0.493 e. The van der Waals surface area contributed by atoms with Crippen LogP contribution in [0.3, 0.4) is 0 Å². The molecule has 0 radical (unpaired) electrons. The zero-order valence-electron chi connectivity index (χ0n) is 12.6. The van der Waals surface area contributed by atoms with Crippen molar-refractivity contribution in [3.63, 3.8) is 0 Å². The van der Waals surface area contributed by atoms with Gasteiger partial charge in [-0.25, -0.2) is 4.79 Å². The lowest BCUT2D eigenvalue weighted by atomic mass is 10.1. The fraction of sp³-hybridized carbons (Fsp3) is 0.375. The third-order valence-corrected chi connectivity index (χ3v) is 4.20. The number of nitrogens with one attached hydrogen (secondary N) is 1. The van der Waals surface area contributed by atoms with Crippen molar-refractivity contribution in [2.24, 2.45) is 0 Å². The van der Waals surface area contributed by atoms with Crippen LogP contribution in [0.2, 0.25) is 0 Å². The van der Waals surface area contributed by atoms with Gasteiger partial charge in [-0.05, 0) is 31.0 Å². The van der Waals surface area contributed by atoms with E-state index in [2.05, 4.69) is 21.2 Å². The standard InChI is InChI=1S/C16H16BrNO5/c1-21-13-7-10(17)5-9-6-12(16(20)23-14(9)13)15(19)18-8-11-3-2-4-22-11/h5-7,11H,2-4,8H2,1H3,(H,18,19)/t11-/m1/s1. The van der Waals surface area contributed by atoms with Gasteiger partial charge in [-0.2, -0.15) is 0 Å². The first-order chi connectivity index (χ1) is 11.1. The summed E-state index contributed by atoms with van der Waals surface area (Å²) in [6.45, 7) is 1.10. The molecule has 0 spiro atoms. The number of hydrogen-bond acceptors (Lipinski definition) is 5. The smallest absolute Gasteiger partial charge is 0.349 e. The minimum atomic E-state index is -0.692. The molecule has 0 aliphatic carbocycles. The highest BCUT2D eigenvalue weighted by Gasteiger charge is 2.19. The molecule has 2 heterocycles. The summed E-state index contributed by atoms with van der Waals surface area (Å²) < 4.78 is 16.7. The molecule has 1 N–H and O–H groups in total. The number of halogens is 1. The number of benzene rings is 1. The predicted molar refractivity (Wildman–Crippen MR) is 88.0 cm³/mol. The largest absolute Gasteiger partial charge is 0.493 e. The highest BCUT2D eigenvalue weighted by atomic mass is 79.9. The summed E-state index contributed by atoms with van der Waals surface area (Å²) in [7, 11) is 1.49. The van der Waals surface area contributed by atoms with Crippen LogP contribution in [-0.4, -0.2) is 32.3 Å². The van der Waals surface area contributed by atoms with Crippen LogP contribution >= 0.6 is 15.9 Å². The highest BCUT2D eigenvalue weighted by Crippen LogP contribution is 2.29. The average Bonchev–Trinajstić information content (AvgIpc) is 3.05.